The topological polar surface area (TPSA) is 42.3 Å². The fourth-order valence-corrected chi connectivity index (χ4v) is 5.64. The third-order valence-electron chi connectivity index (χ3n) is 6.37. The summed E-state index contributed by atoms with van der Waals surface area (Å²) in [7, 11) is 1.60. The van der Waals surface area contributed by atoms with Gasteiger partial charge in [0.1, 0.15) is 5.75 Å². The molecule has 0 aliphatic carbocycles. The summed E-state index contributed by atoms with van der Waals surface area (Å²) in [6, 6.07) is 21.4. The zero-order valence-corrected chi connectivity index (χ0v) is 21.8. The minimum Gasteiger partial charge on any atom is -0.495 e. The van der Waals surface area contributed by atoms with Crippen molar-refractivity contribution in [3.05, 3.63) is 106 Å². The summed E-state index contributed by atoms with van der Waals surface area (Å²) >= 11 is 18.7. The molecule has 2 aromatic heterocycles. The Kier molecular flexibility index (Phi) is 6.45. The zero-order valence-electron chi connectivity index (χ0n) is 19.5. The number of nitrogens with one attached hydrogen (secondary N) is 1. The molecule has 1 saturated heterocycles. The van der Waals surface area contributed by atoms with E-state index in [1.54, 1.807) is 13.3 Å². The van der Waals surface area contributed by atoms with Gasteiger partial charge in [0.15, 0.2) is 5.11 Å². The zero-order chi connectivity index (χ0) is 24.7. The number of ether oxygens (including phenoxy) is 1. The molecular formula is C27H24Cl2N4OS. The number of rotatable bonds is 5. The number of halogens is 2. The van der Waals surface area contributed by atoms with Crippen LogP contribution < -0.4 is 15.0 Å². The fourth-order valence-electron chi connectivity index (χ4n) is 4.85. The van der Waals surface area contributed by atoms with Crippen molar-refractivity contribution in [3.8, 4) is 11.4 Å². The molecule has 0 amide bonds. The maximum absolute atomic E-state index is 6.51. The molecule has 2 aromatic carbocycles. The molecule has 0 spiro atoms. The number of thiocarbonyl (C=S) groups is 1. The van der Waals surface area contributed by atoms with E-state index in [4.69, 9.17) is 40.2 Å². The standard InChI is InChI=1S/C27H24Cl2N4OS/c1-16-13-21(17(2)32(16)19-8-6-7-18(28)14-19)26-25(23-9-4-5-12-30-23)31-27(35)33(26)20-10-11-24(34-3)22(29)15-20/h4-15,25-26H,1-3H3,(H,31,35)/t25-,26-/m0/s1. The summed E-state index contributed by atoms with van der Waals surface area (Å²) in [6.07, 6.45) is 1.80. The van der Waals surface area contributed by atoms with Gasteiger partial charge in [-0.3, -0.25) is 4.98 Å². The number of hydrogen-bond acceptors (Lipinski definition) is 3. The number of anilines is 1. The van der Waals surface area contributed by atoms with Gasteiger partial charge in [0.25, 0.3) is 0 Å². The summed E-state index contributed by atoms with van der Waals surface area (Å²) in [6.45, 7) is 4.22. The van der Waals surface area contributed by atoms with Crippen LogP contribution in [0.2, 0.25) is 10.0 Å². The Morgan fingerprint density at radius 2 is 1.80 bits per heavy atom. The molecule has 0 saturated carbocycles. The van der Waals surface area contributed by atoms with Crippen LogP contribution >= 0.6 is 35.4 Å². The SMILES string of the molecule is COc1ccc(N2C(=S)N[C@@H](c3ccccn3)[C@@H]2c2cc(C)n(-c3cccc(Cl)c3)c2C)cc1Cl. The quantitative estimate of drug-likeness (QED) is 0.286. The Balaban J connectivity index is 1.68. The summed E-state index contributed by atoms with van der Waals surface area (Å²) in [5.41, 5.74) is 6.15. The molecule has 2 atom stereocenters. The van der Waals surface area contributed by atoms with E-state index < -0.39 is 0 Å². The number of nitrogens with zero attached hydrogens (tertiary/aromatic N) is 3. The van der Waals surface area contributed by atoms with E-state index in [1.165, 1.54) is 0 Å². The van der Waals surface area contributed by atoms with E-state index in [2.05, 4.69) is 45.7 Å². The number of pyridine rings is 1. The lowest BCUT2D eigenvalue weighted by Crippen LogP contribution is -2.29. The van der Waals surface area contributed by atoms with Crippen LogP contribution in [0.3, 0.4) is 0 Å². The number of methoxy groups -OCH3 is 1. The Bertz CT molecular complexity index is 1410. The van der Waals surface area contributed by atoms with Crippen molar-refractivity contribution in [2.75, 3.05) is 12.0 Å². The average Bonchev–Trinajstić information content (AvgIpc) is 3.34. The van der Waals surface area contributed by atoms with Crippen molar-refractivity contribution in [3.63, 3.8) is 0 Å². The van der Waals surface area contributed by atoms with Crippen molar-refractivity contribution in [2.45, 2.75) is 25.9 Å². The van der Waals surface area contributed by atoms with E-state index in [0.717, 1.165) is 34.0 Å². The van der Waals surface area contributed by atoms with Crippen LogP contribution in [0.4, 0.5) is 5.69 Å². The van der Waals surface area contributed by atoms with Gasteiger partial charge < -0.3 is 19.5 Å². The molecule has 1 N–H and O–H groups in total. The summed E-state index contributed by atoms with van der Waals surface area (Å²) in [5.74, 6) is 0.616. The van der Waals surface area contributed by atoms with Crippen molar-refractivity contribution >= 4 is 46.2 Å². The Morgan fingerprint density at radius 3 is 2.49 bits per heavy atom. The molecule has 0 radical (unpaired) electrons. The van der Waals surface area contributed by atoms with Crippen LogP contribution in [-0.2, 0) is 0 Å². The van der Waals surface area contributed by atoms with Gasteiger partial charge in [-0.05, 0) is 86.2 Å². The van der Waals surface area contributed by atoms with Crippen molar-refractivity contribution in [1.29, 1.82) is 0 Å². The molecule has 1 aliphatic heterocycles. The van der Waals surface area contributed by atoms with Gasteiger partial charge in [-0.25, -0.2) is 0 Å². The smallest absolute Gasteiger partial charge is 0.174 e. The van der Waals surface area contributed by atoms with E-state index in [9.17, 15) is 0 Å². The molecular weight excluding hydrogens is 499 g/mol. The predicted octanol–water partition coefficient (Wildman–Crippen LogP) is 6.98. The lowest BCUT2D eigenvalue weighted by atomic mass is 9.96. The maximum atomic E-state index is 6.51. The highest BCUT2D eigenvalue weighted by Crippen LogP contribution is 2.45. The van der Waals surface area contributed by atoms with Crippen molar-refractivity contribution in [2.24, 2.45) is 0 Å². The second kappa shape index (κ2) is 9.53. The summed E-state index contributed by atoms with van der Waals surface area (Å²) in [4.78, 5) is 6.77. The summed E-state index contributed by atoms with van der Waals surface area (Å²) < 4.78 is 7.58. The highest BCUT2D eigenvalue weighted by molar-refractivity contribution is 7.80. The molecule has 1 fully saturated rings. The molecule has 5 rings (SSSR count). The lowest BCUT2D eigenvalue weighted by Gasteiger charge is -2.28. The van der Waals surface area contributed by atoms with Crippen LogP contribution in [0.5, 0.6) is 5.75 Å². The molecule has 3 heterocycles. The number of aromatic nitrogens is 2. The van der Waals surface area contributed by atoms with Crippen LogP contribution in [0, 0.1) is 13.8 Å². The first kappa shape index (κ1) is 23.7. The minimum atomic E-state index is -0.155. The number of hydrogen-bond donors (Lipinski definition) is 1. The fraction of sp³-hybridized carbons (Fsp3) is 0.185. The first-order chi connectivity index (χ1) is 16.9. The number of benzene rings is 2. The third-order valence-corrected chi connectivity index (χ3v) is 7.21. The van der Waals surface area contributed by atoms with Crippen LogP contribution in [-0.4, -0.2) is 21.8 Å². The van der Waals surface area contributed by atoms with Crippen LogP contribution in [0.25, 0.3) is 5.69 Å². The molecule has 0 bridgehead atoms. The van der Waals surface area contributed by atoms with Gasteiger partial charge in [-0.1, -0.05) is 35.3 Å². The Labute approximate surface area is 220 Å². The molecule has 5 nitrogen and oxygen atoms in total. The second-order valence-corrected chi connectivity index (χ2v) is 9.69. The van der Waals surface area contributed by atoms with E-state index in [0.29, 0.717) is 20.9 Å². The highest BCUT2D eigenvalue weighted by atomic mass is 35.5. The maximum Gasteiger partial charge on any atom is 0.174 e. The van der Waals surface area contributed by atoms with Crippen LogP contribution in [0.15, 0.2) is 72.9 Å². The molecule has 4 aromatic rings. The number of aryl methyl sites for hydroxylation is 1. The van der Waals surface area contributed by atoms with E-state index in [1.807, 2.05) is 54.6 Å². The van der Waals surface area contributed by atoms with Gasteiger partial charge in [0.2, 0.25) is 0 Å². The predicted molar refractivity (Wildman–Crippen MR) is 146 cm³/mol. The van der Waals surface area contributed by atoms with Crippen LogP contribution in [0.1, 0.15) is 34.7 Å². The average molecular weight is 523 g/mol. The third kappa shape index (κ3) is 4.27. The highest BCUT2D eigenvalue weighted by Gasteiger charge is 2.42. The second-order valence-electron chi connectivity index (χ2n) is 8.46. The molecule has 0 unspecified atom stereocenters. The largest absolute Gasteiger partial charge is 0.495 e. The monoisotopic (exact) mass is 522 g/mol. The van der Waals surface area contributed by atoms with Gasteiger partial charge in [0.05, 0.1) is 29.9 Å². The molecule has 1 aliphatic rings. The molecule has 35 heavy (non-hydrogen) atoms. The van der Waals surface area contributed by atoms with E-state index in [-0.39, 0.29) is 12.1 Å². The van der Waals surface area contributed by atoms with Gasteiger partial charge in [-0.2, -0.15) is 0 Å². The van der Waals surface area contributed by atoms with Crippen molar-refractivity contribution in [1.82, 2.24) is 14.9 Å². The Hall–Kier alpha value is -3.06. The van der Waals surface area contributed by atoms with E-state index >= 15 is 0 Å². The summed E-state index contributed by atoms with van der Waals surface area (Å²) in [5, 5.41) is 5.34. The van der Waals surface area contributed by atoms with Gasteiger partial charge in [0, 0.05) is 34.0 Å². The Morgan fingerprint density at radius 1 is 0.971 bits per heavy atom. The molecule has 8 heteroatoms. The van der Waals surface area contributed by atoms with Gasteiger partial charge in [-0.15, -0.1) is 0 Å². The minimum absolute atomic E-state index is 0.152. The normalized spacial score (nSPS) is 17.5. The lowest BCUT2D eigenvalue weighted by molar-refractivity contribution is 0.415. The first-order valence-electron chi connectivity index (χ1n) is 11.2. The van der Waals surface area contributed by atoms with Crippen molar-refractivity contribution < 1.29 is 4.74 Å². The molecule has 178 valence electrons. The van der Waals surface area contributed by atoms with Gasteiger partial charge >= 0.3 is 0 Å². The first-order valence-corrected chi connectivity index (χ1v) is 12.3.